The van der Waals surface area contributed by atoms with Gasteiger partial charge in [0.25, 0.3) is 5.91 Å². The van der Waals surface area contributed by atoms with Crippen molar-refractivity contribution in [1.29, 1.82) is 5.26 Å². The van der Waals surface area contributed by atoms with Crippen LogP contribution in [0.15, 0.2) is 24.3 Å². The number of ether oxygens (including phenoxy) is 1. The quantitative estimate of drug-likeness (QED) is 0.456. The number of aromatic amines is 1. The highest BCUT2D eigenvalue weighted by molar-refractivity contribution is 6.01. The van der Waals surface area contributed by atoms with Crippen LogP contribution in [0.3, 0.4) is 0 Å². The van der Waals surface area contributed by atoms with Gasteiger partial charge in [0.2, 0.25) is 11.8 Å². The molecular formula is C23H28FN5O4. The predicted molar refractivity (Wildman–Crippen MR) is 119 cm³/mol. The molecule has 33 heavy (non-hydrogen) atoms. The first-order valence-electron chi connectivity index (χ1n) is 10.7. The molecule has 0 aliphatic carbocycles. The van der Waals surface area contributed by atoms with E-state index in [1.807, 2.05) is 6.07 Å². The third kappa shape index (κ3) is 6.00. The molecule has 0 bridgehead atoms. The number of carbonyl (C=O) groups excluding carboxylic acids is 3. The van der Waals surface area contributed by atoms with Gasteiger partial charge in [-0.25, -0.2) is 4.39 Å². The molecule has 1 aliphatic heterocycles. The molecule has 2 aromatic rings. The number of hydrogen-bond acceptors (Lipinski definition) is 5. The number of H-pyrrole nitrogens is 1. The van der Waals surface area contributed by atoms with Gasteiger partial charge in [-0.15, -0.1) is 0 Å². The van der Waals surface area contributed by atoms with Crippen molar-refractivity contribution in [2.75, 3.05) is 13.7 Å². The molecule has 1 fully saturated rings. The van der Waals surface area contributed by atoms with Gasteiger partial charge < -0.3 is 25.7 Å². The van der Waals surface area contributed by atoms with Crippen LogP contribution in [0.4, 0.5) is 4.39 Å². The van der Waals surface area contributed by atoms with Crippen LogP contribution in [-0.2, 0) is 9.59 Å². The fourth-order valence-corrected chi connectivity index (χ4v) is 3.93. The minimum Gasteiger partial charge on any atom is -0.496 e. The number of methoxy groups -OCH3 is 1. The smallest absolute Gasteiger partial charge is 0.268 e. The van der Waals surface area contributed by atoms with Crippen molar-refractivity contribution in [1.82, 2.24) is 20.9 Å². The zero-order valence-electron chi connectivity index (χ0n) is 18.8. The average molecular weight is 458 g/mol. The van der Waals surface area contributed by atoms with Gasteiger partial charge in [0, 0.05) is 29.8 Å². The monoisotopic (exact) mass is 457 g/mol. The average Bonchev–Trinajstić information content (AvgIpc) is 3.37. The summed E-state index contributed by atoms with van der Waals surface area (Å²) in [6.45, 7) is 3.13. The molecule has 9 nitrogen and oxygen atoms in total. The van der Waals surface area contributed by atoms with Gasteiger partial charge in [-0.1, -0.05) is 6.07 Å². The van der Waals surface area contributed by atoms with E-state index in [0.29, 0.717) is 29.6 Å². The third-order valence-electron chi connectivity index (χ3n) is 5.56. The molecule has 1 aliphatic rings. The van der Waals surface area contributed by atoms with Crippen LogP contribution in [0, 0.1) is 17.2 Å². The summed E-state index contributed by atoms with van der Waals surface area (Å²) in [4.78, 5) is 40.6. The zero-order valence-corrected chi connectivity index (χ0v) is 18.8. The van der Waals surface area contributed by atoms with Crippen molar-refractivity contribution in [3.8, 4) is 11.8 Å². The molecule has 4 N–H and O–H groups in total. The third-order valence-corrected chi connectivity index (χ3v) is 5.56. The second-order valence-electron chi connectivity index (χ2n) is 8.76. The molecule has 1 saturated heterocycles. The van der Waals surface area contributed by atoms with Crippen LogP contribution >= 0.6 is 0 Å². The van der Waals surface area contributed by atoms with Gasteiger partial charge in [0.05, 0.1) is 13.2 Å². The Morgan fingerprint density at radius 1 is 1.36 bits per heavy atom. The van der Waals surface area contributed by atoms with Crippen molar-refractivity contribution in [2.45, 2.75) is 50.9 Å². The van der Waals surface area contributed by atoms with Crippen molar-refractivity contribution in [3.05, 3.63) is 30.0 Å². The van der Waals surface area contributed by atoms with Crippen LogP contribution < -0.4 is 20.7 Å². The molecule has 3 amide bonds. The highest BCUT2D eigenvalue weighted by Crippen LogP contribution is 2.26. The van der Waals surface area contributed by atoms with E-state index in [-0.39, 0.29) is 30.4 Å². The molecule has 3 atom stereocenters. The van der Waals surface area contributed by atoms with Crippen molar-refractivity contribution in [2.24, 2.45) is 5.92 Å². The van der Waals surface area contributed by atoms with Gasteiger partial charge in [0.15, 0.2) is 0 Å². The first kappa shape index (κ1) is 24.0. The van der Waals surface area contributed by atoms with Crippen LogP contribution in [0.2, 0.25) is 0 Å². The number of carbonyl (C=O) groups is 3. The van der Waals surface area contributed by atoms with Crippen LogP contribution in [0.25, 0.3) is 10.9 Å². The topological polar surface area (TPSA) is 136 Å². The highest BCUT2D eigenvalue weighted by Gasteiger charge is 2.33. The van der Waals surface area contributed by atoms with Gasteiger partial charge in [0.1, 0.15) is 29.2 Å². The number of nitrogens with zero attached hydrogens (tertiary/aromatic N) is 1. The molecule has 1 aromatic heterocycles. The Balaban J connectivity index is 1.74. The summed E-state index contributed by atoms with van der Waals surface area (Å²) >= 11 is 0. The Morgan fingerprint density at radius 2 is 2.12 bits per heavy atom. The summed E-state index contributed by atoms with van der Waals surface area (Å²) in [7, 11) is 1.52. The largest absolute Gasteiger partial charge is 0.496 e. The normalized spacial score (nSPS) is 17.7. The number of nitrogens with one attached hydrogen (secondary N) is 4. The number of fused-ring (bicyclic) bond motifs is 1. The lowest BCUT2D eigenvalue weighted by molar-refractivity contribution is -0.125. The SMILES string of the molecule is COc1cccc2[nH]c(C(=O)NC(CC(C)(C)F)C(=O)NC(C#N)CC3CCNC3=O)cc12. The number of rotatable bonds is 9. The zero-order chi connectivity index (χ0) is 24.2. The van der Waals surface area contributed by atoms with E-state index in [4.69, 9.17) is 4.74 Å². The number of benzene rings is 1. The number of alkyl halides is 1. The van der Waals surface area contributed by atoms with Crippen molar-refractivity contribution < 1.29 is 23.5 Å². The molecular weight excluding hydrogens is 429 g/mol. The molecule has 0 saturated carbocycles. The molecule has 176 valence electrons. The minimum atomic E-state index is -1.76. The fourth-order valence-electron chi connectivity index (χ4n) is 3.93. The second kappa shape index (κ2) is 9.90. The number of hydrogen-bond donors (Lipinski definition) is 4. The molecule has 0 radical (unpaired) electrons. The number of halogens is 1. The van der Waals surface area contributed by atoms with E-state index in [9.17, 15) is 24.0 Å². The maximum absolute atomic E-state index is 14.4. The fraction of sp³-hybridized carbons (Fsp3) is 0.478. The first-order valence-corrected chi connectivity index (χ1v) is 10.7. The Hall–Kier alpha value is -3.61. The maximum Gasteiger partial charge on any atom is 0.268 e. The van der Waals surface area contributed by atoms with Crippen molar-refractivity contribution >= 4 is 28.6 Å². The summed E-state index contributed by atoms with van der Waals surface area (Å²) < 4.78 is 19.7. The van der Waals surface area contributed by atoms with Crippen molar-refractivity contribution in [3.63, 3.8) is 0 Å². The van der Waals surface area contributed by atoms with Crippen LogP contribution in [0.1, 0.15) is 43.6 Å². The van der Waals surface area contributed by atoms with E-state index in [1.165, 1.54) is 21.0 Å². The molecule has 1 aromatic carbocycles. The summed E-state index contributed by atoms with van der Waals surface area (Å²) in [5.74, 6) is -1.24. The van der Waals surface area contributed by atoms with Gasteiger partial charge >= 0.3 is 0 Å². The second-order valence-corrected chi connectivity index (χ2v) is 8.76. The van der Waals surface area contributed by atoms with Crippen LogP contribution in [-0.4, -0.2) is 54.1 Å². The molecule has 3 rings (SSSR count). The standard InChI is InChI=1S/C23H28FN5O4/c1-23(2,24)11-18(22(32)27-14(12-25)9-13-7-8-26-20(13)30)29-21(31)17-10-15-16(28-17)5-4-6-19(15)33-3/h4-6,10,13-14,18,28H,7-9,11H2,1-3H3,(H,26,30)(H,27,32)(H,29,31). The lowest BCUT2D eigenvalue weighted by Gasteiger charge is -2.25. The number of aromatic nitrogens is 1. The van der Waals surface area contributed by atoms with E-state index >= 15 is 0 Å². The minimum absolute atomic E-state index is 0.148. The highest BCUT2D eigenvalue weighted by atomic mass is 19.1. The van der Waals surface area contributed by atoms with Crippen LogP contribution in [0.5, 0.6) is 5.75 Å². The van der Waals surface area contributed by atoms with E-state index in [0.717, 1.165) is 0 Å². The molecule has 10 heteroatoms. The van der Waals surface area contributed by atoms with Gasteiger partial charge in [-0.2, -0.15) is 5.26 Å². The summed E-state index contributed by atoms with van der Waals surface area (Å²) in [6, 6.07) is 6.71. The lowest BCUT2D eigenvalue weighted by atomic mass is 9.97. The summed E-state index contributed by atoms with van der Waals surface area (Å²) in [5.41, 5.74) is -0.902. The maximum atomic E-state index is 14.4. The Bertz CT molecular complexity index is 1080. The Kier molecular flexibility index (Phi) is 7.21. The van der Waals surface area contributed by atoms with E-state index in [1.54, 1.807) is 24.3 Å². The van der Waals surface area contributed by atoms with E-state index in [2.05, 4.69) is 20.9 Å². The van der Waals surface area contributed by atoms with Gasteiger partial charge in [-0.3, -0.25) is 14.4 Å². The number of nitriles is 1. The molecule has 2 heterocycles. The van der Waals surface area contributed by atoms with E-state index < -0.39 is 29.6 Å². The predicted octanol–water partition coefficient (Wildman–Crippen LogP) is 1.95. The molecule has 3 unspecified atom stereocenters. The Labute approximate surface area is 191 Å². The molecule has 0 spiro atoms. The number of amides is 3. The van der Waals surface area contributed by atoms with Gasteiger partial charge in [-0.05, 0) is 44.9 Å². The summed E-state index contributed by atoms with van der Waals surface area (Å²) in [5, 5.41) is 17.9. The first-order chi connectivity index (χ1) is 15.6. The summed E-state index contributed by atoms with van der Waals surface area (Å²) in [6.07, 6.45) is 0.431. The lowest BCUT2D eigenvalue weighted by Crippen LogP contribution is -2.51. The Morgan fingerprint density at radius 3 is 2.73 bits per heavy atom.